The molecule has 2 aliphatic rings. The molecule has 35 heavy (non-hydrogen) atoms. The highest BCUT2D eigenvalue weighted by molar-refractivity contribution is 6.00. The predicted molar refractivity (Wildman–Crippen MR) is 132 cm³/mol. The molecule has 1 saturated heterocycles. The van der Waals surface area contributed by atoms with E-state index in [0.29, 0.717) is 0 Å². The molecule has 1 spiro atoms. The molecule has 1 unspecified atom stereocenters. The molecule has 0 radical (unpaired) electrons. The van der Waals surface area contributed by atoms with Crippen molar-refractivity contribution in [1.82, 2.24) is 0 Å². The standard InChI is InChI=1S/C29H36O6/c1-5-32-26(30)28(27(31)33-6-2)18-24(29(19-28)34-20(3)17-21(4)35-29)25(22-13-9-7-10-14-22)23-15-11-8-12-16-23/h7-16,20-21,24-25H,5-6,17-19H2,1-4H3/t20-,21-,24?/m0/s1. The zero-order chi connectivity index (χ0) is 25.1. The molecular weight excluding hydrogens is 444 g/mol. The molecule has 1 aliphatic heterocycles. The minimum absolute atomic E-state index is 0.0627. The molecule has 0 N–H and O–H groups in total. The van der Waals surface area contributed by atoms with Gasteiger partial charge in [0.05, 0.1) is 25.4 Å². The lowest BCUT2D eigenvalue weighted by molar-refractivity contribution is -0.330. The number of ether oxygens (including phenoxy) is 4. The molecule has 6 heteroatoms. The van der Waals surface area contributed by atoms with Crippen LogP contribution in [0.15, 0.2) is 60.7 Å². The molecule has 3 atom stereocenters. The van der Waals surface area contributed by atoms with Gasteiger partial charge in [-0.25, -0.2) is 0 Å². The average Bonchev–Trinajstić information content (AvgIpc) is 3.15. The van der Waals surface area contributed by atoms with Crippen LogP contribution in [0.1, 0.15) is 64.0 Å². The first kappa shape index (κ1) is 25.4. The highest BCUT2D eigenvalue weighted by Gasteiger charge is 2.68. The molecule has 6 nitrogen and oxygen atoms in total. The summed E-state index contributed by atoms with van der Waals surface area (Å²) in [5, 5.41) is 0. The van der Waals surface area contributed by atoms with Crippen LogP contribution in [0.2, 0.25) is 0 Å². The van der Waals surface area contributed by atoms with Crippen molar-refractivity contribution in [2.75, 3.05) is 13.2 Å². The van der Waals surface area contributed by atoms with E-state index in [1.54, 1.807) is 13.8 Å². The van der Waals surface area contributed by atoms with E-state index >= 15 is 0 Å². The molecule has 2 fully saturated rings. The largest absolute Gasteiger partial charge is 0.465 e. The maximum atomic E-state index is 13.5. The van der Waals surface area contributed by atoms with Gasteiger partial charge in [-0.05, 0) is 51.7 Å². The van der Waals surface area contributed by atoms with Crippen molar-refractivity contribution in [3.63, 3.8) is 0 Å². The van der Waals surface area contributed by atoms with Crippen LogP contribution < -0.4 is 0 Å². The lowest BCUT2D eigenvalue weighted by Crippen LogP contribution is -2.52. The maximum Gasteiger partial charge on any atom is 0.323 e. The first-order valence-corrected chi connectivity index (χ1v) is 12.6. The minimum Gasteiger partial charge on any atom is -0.465 e. The summed E-state index contributed by atoms with van der Waals surface area (Å²) in [7, 11) is 0. The smallest absolute Gasteiger partial charge is 0.323 e. The summed E-state index contributed by atoms with van der Waals surface area (Å²) in [5.41, 5.74) is 0.643. The zero-order valence-electron chi connectivity index (χ0n) is 21.1. The van der Waals surface area contributed by atoms with Crippen LogP contribution in [-0.2, 0) is 28.5 Å². The van der Waals surface area contributed by atoms with Gasteiger partial charge in [-0.2, -0.15) is 0 Å². The number of carbonyl (C=O) groups excluding carboxylic acids is 2. The van der Waals surface area contributed by atoms with E-state index in [-0.39, 0.29) is 50.1 Å². The second-order valence-electron chi connectivity index (χ2n) is 9.71. The van der Waals surface area contributed by atoms with Crippen molar-refractivity contribution in [3.05, 3.63) is 71.8 Å². The van der Waals surface area contributed by atoms with E-state index < -0.39 is 23.1 Å². The molecule has 1 heterocycles. The third kappa shape index (κ3) is 4.87. The number of benzene rings is 2. The van der Waals surface area contributed by atoms with Crippen LogP contribution in [0.5, 0.6) is 0 Å². The Morgan fingerprint density at radius 1 is 0.857 bits per heavy atom. The normalized spacial score (nSPS) is 27.6. The van der Waals surface area contributed by atoms with Crippen molar-refractivity contribution >= 4 is 11.9 Å². The second kappa shape index (κ2) is 10.5. The molecule has 1 saturated carbocycles. The van der Waals surface area contributed by atoms with E-state index in [9.17, 15) is 9.59 Å². The summed E-state index contributed by atoms with van der Waals surface area (Å²) in [5.74, 6) is -2.78. The van der Waals surface area contributed by atoms with Gasteiger partial charge in [0.1, 0.15) is 0 Å². The van der Waals surface area contributed by atoms with Crippen LogP contribution in [0.25, 0.3) is 0 Å². The Hall–Kier alpha value is -2.70. The second-order valence-corrected chi connectivity index (χ2v) is 9.71. The summed E-state index contributed by atoms with van der Waals surface area (Å²) >= 11 is 0. The lowest BCUT2D eigenvalue weighted by atomic mass is 9.75. The van der Waals surface area contributed by atoms with Crippen LogP contribution >= 0.6 is 0 Å². The fraction of sp³-hybridized carbons (Fsp3) is 0.517. The van der Waals surface area contributed by atoms with Gasteiger partial charge in [0.25, 0.3) is 0 Å². The first-order valence-electron chi connectivity index (χ1n) is 12.6. The van der Waals surface area contributed by atoms with E-state index in [0.717, 1.165) is 17.5 Å². The van der Waals surface area contributed by atoms with Gasteiger partial charge >= 0.3 is 11.9 Å². The van der Waals surface area contributed by atoms with Crippen LogP contribution in [0.3, 0.4) is 0 Å². The topological polar surface area (TPSA) is 71.1 Å². The van der Waals surface area contributed by atoms with E-state index in [1.807, 2.05) is 50.2 Å². The number of hydrogen-bond donors (Lipinski definition) is 0. The van der Waals surface area contributed by atoms with Gasteiger partial charge in [0.15, 0.2) is 11.2 Å². The minimum atomic E-state index is -1.50. The fourth-order valence-corrected chi connectivity index (χ4v) is 5.97. The quantitative estimate of drug-likeness (QED) is 0.398. The predicted octanol–water partition coefficient (Wildman–Crippen LogP) is 5.25. The SMILES string of the molecule is CCOC(=O)C1(C(=O)OCC)CC(C(c2ccccc2)c2ccccc2)C2(C1)O[C@@H](C)C[C@H](C)O2. The highest BCUT2D eigenvalue weighted by Crippen LogP contribution is 2.59. The van der Waals surface area contributed by atoms with E-state index in [2.05, 4.69) is 24.3 Å². The summed E-state index contributed by atoms with van der Waals surface area (Å²) < 4.78 is 24.2. The van der Waals surface area contributed by atoms with Crippen molar-refractivity contribution in [2.45, 2.75) is 70.9 Å². The number of esters is 2. The summed E-state index contributed by atoms with van der Waals surface area (Å²) in [4.78, 5) is 27.0. The molecular formula is C29H36O6. The van der Waals surface area contributed by atoms with Crippen molar-refractivity contribution < 1.29 is 28.5 Å². The Balaban J connectivity index is 1.90. The first-order chi connectivity index (χ1) is 16.8. The Labute approximate surface area is 207 Å². The van der Waals surface area contributed by atoms with E-state index in [1.165, 1.54) is 0 Å². The molecule has 0 aromatic heterocycles. The molecule has 4 rings (SSSR count). The zero-order valence-corrected chi connectivity index (χ0v) is 21.1. The van der Waals surface area contributed by atoms with E-state index in [4.69, 9.17) is 18.9 Å². The number of rotatable bonds is 7. The van der Waals surface area contributed by atoms with Gasteiger partial charge in [-0.1, -0.05) is 60.7 Å². The van der Waals surface area contributed by atoms with Crippen LogP contribution in [0, 0.1) is 11.3 Å². The average molecular weight is 481 g/mol. The number of hydrogen-bond acceptors (Lipinski definition) is 6. The third-order valence-electron chi connectivity index (χ3n) is 7.20. The van der Waals surface area contributed by atoms with Gasteiger partial charge < -0.3 is 18.9 Å². The van der Waals surface area contributed by atoms with Gasteiger partial charge in [-0.15, -0.1) is 0 Å². The lowest BCUT2D eigenvalue weighted by Gasteiger charge is -2.46. The molecule has 0 bridgehead atoms. The molecule has 2 aromatic rings. The maximum absolute atomic E-state index is 13.5. The Kier molecular flexibility index (Phi) is 7.62. The van der Waals surface area contributed by atoms with Crippen LogP contribution in [0.4, 0.5) is 0 Å². The van der Waals surface area contributed by atoms with Gasteiger partial charge in [0, 0.05) is 18.3 Å². The fourth-order valence-electron chi connectivity index (χ4n) is 5.97. The van der Waals surface area contributed by atoms with Gasteiger partial charge in [0.2, 0.25) is 0 Å². The monoisotopic (exact) mass is 480 g/mol. The summed E-state index contributed by atoms with van der Waals surface area (Å²) in [6, 6.07) is 20.3. The van der Waals surface area contributed by atoms with Crippen molar-refractivity contribution in [2.24, 2.45) is 11.3 Å². The summed E-state index contributed by atoms with van der Waals surface area (Å²) in [6.45, 7) is 7.88. The molecule has 2 aromatic carbocycles. The van der Waals surface area contributed by atoms with Crippen molar-refractivity contribution in [3.8, 4) is 0 Å². The third-order valence-corrected chi connectivity index (χ3v) is 7.20. The molecule has 188 valence electrons. The highest BCUT2D eigenvalue weighted by atomic mass is 16.7. The Morgan fingerprint density at radius 3 is 1.74 bits per heavy atom. The molecule has 1 aliphatic carbocycles. The Bertz CT molecular complexity index is 937. The Morgan fingerprint density at radius 2 is 1.31 bits per heavy atom. The van der Waals surface area contributed by atoms with Crippen molar-refractivity contribution in [1.29, 1.82) is 0 Å². The number of carbonyl (C=O) groups is 2. The molecule has 0 amide bonds. The van der Waals surface area contributed by atoms with Gasteiger partial charge in [-0.3, -0.25) is 9.59 Å². The van der Waals surface area contributed by atoms with Crippen LogP contribution in [-0.4, -0.2) is 43.1 Å². The summed E-state index contributed by atoms with van der Waals surface area (Å²) in [6.07, 6.45) is 0.829.